The minimum Gasteiger partial charge on any atom is -0.477 e. The van der Waals surface area contributed by atoms with Gasteiger partial charge in [-0.3, -0.25) is 0 Å². The first-order valence-corrected chi connectivity index (χ1v) is 14.2. The molecule has 0 radical (unpaired) electrons. The Morgan fingerprint density at radius 2 is 1.97 bits per heavy atom. The van der Waals surface area contributed by atoms with Crippen LogP contribution in [0.5, 0.6) is 5.88 Å². The van der Waals surface area contributed by atoms with Gasteiger partial charge in [0, 0.05) is 23.9 Å². The second-order valence-corrected chi connectivity index (χ2v) is 12.1. The quantitative estimate of drug-likeness (QED) is 0.165. The van der Waals surface area contributed by atoms with Gasteiger partial charge < -0.3 is 20.5 Å². The maximum atomic E-state index is 12.4. The minimum atomic E-state index is -0.629. The van der Waals surface area contributed by atoms with E-state index in [2.05, 4.69) is 44.8 Å². The van der Waals surface area contributed by atoms with E-state index in [0.717, 1.165) is 27.2 Å². The molecule has 4 rings (SSSR count). The van der Waals surface area contributed by atoms with Crippen LogP contribution >= 0.6 is 22.6 Å². The Hall–Kier alpha value is -2.53. The van der Waals surface area contributed by atoms with Crippen LogP contribution in [0.3, 0.4) is 0 Å². The molecule has 37 heavy (non-hydrogen) atoms. The van der Waals surface area contributed by atoms with Gasteiger partial charge in [0.1, 0.15) is 17.2 Å². The van der Waals surface area contributed by atoms with Gasteiger partial charge in [-0.15, -0.1) is 0 Å². The number of ether oxygens (including phenoxy) is 2. The number of hydrogen-bond donors (Lipinski definition) is 2. The van der Waals surface area contributed by atoms with Gasteiger partial charge in [0.05, 0.1) is 23.3 Å². The first kappa shape index (κ1) is 27.5. The number of fused-ring (bicyclic) bond motifs is 2. The normalized spacial score (nSPS) is 17.7. The summed E-state index contributed by atoms with van der Waals surface area (Å²) in [5.41, 5.74) is 7.38. The van der Waals surface area contributed by atoms with E-state index in [1.807, 2.05) is 40.7 Å². The molecule has 0 spiro atoms. The van der Waals surface area contributed by atoms with E-state index in [1.165, 1.54) is 6.42 Å². The fourth-order valence-corrected chi connectivity index (χ4v) is 4.87. The third-order valence-electron chi connectivity index (χ3n) is 6.97. The van der Waals surface area contributed by atoms with Gasteiger partial charge in [-0.2, -0.15) is 0 Å². The summed E-state index contributed by atoms with van der Waals surface area (Å²) in [6.45, 7) is 12.5. The number of rotatable bonds is 9. The Labute approximate surface area is 232 Å². The molecule has 0 fully saturated rings. The Morgan fingerprint density at radius 1 is 1.22 bits per heavy atom. The van der Waals surface area contributed by atoms with Crippen LogP contribution < -0.4 is 15.8 Å². The van der Waals surface area contributed by atoms with Crippen LogP contribution in [0.4, 0.5) is 11.6 Å². The summed E-state index contributed by atoms with van der Waals surface area (Å²) in [6, 6.07) is 5.47. The maximum Gasteiger partial charge on any atom is 0.340 e. The van der Waals surface area contributed by atoms with Gasteiger partial charge in [0.2, 0.25) is 5.88 Å². The van der Waals surface area contributed by atoms with Crippen LogP contribution in [0, 0.1) is 5.92 Å². The predicted molar refractivity (Wildman–Crippen MR) is 155 cm³/mol. The van der Waals surface area contributed by atoms with Crippen LogP contribution in [0.15, 0.2) is 30.6 Å². The number of alkyl halides is 1. The van der Waals surface area contributed by atoms with E-state index >= 15 is 0 Å². The Kier molecular flexibility index (Phi) is 7.94. The van der Waals surface area contributed by atoms with E-state index in [9.17, 15) is 4.79 Å². The highest BCUT2D eigenvalue weighted by Gasteiger charge is 2.40. The molecule has 3 aromatic heterocycles. The van der Waals surface area contributed by atoms with E-state index in [1.54, 1.807) is 24.5 Å². The number of pyridine rings is 3. The van der Waals surface area contributed by atoms with Gasteiger partial charge in [-0.05, 0) is 80.0 Å². The smallest absolute Gasteiger partial charge is 0.340 e. The molecule has 0 saturated carbocycles. The standard InChI is InChI=1S/C28H36IN5O3/c1-16(8-7-11-29)15-36-25-20-13-31-23(12-19(20)21(14-32-25)27(3,4)30)33-22-10-9-18-24(34-22)17(2)28(5,6)37-26(18)35/h9-10,12-14,16-17H,7-8,11,15,30H2,1-6H3,(H,31,33,34)/t16-,17+/m0/s1. The average Bonchev–Trinajstić information content (AvgIpc) is 2.83. The molecule has 9 heteroatoms. The topological polar surface area (TPSA) is 112 Å². The molecule has 3 N–H and O–H groups in total. The summed E-state index contributed by atoms with van der Waals surface area (Å²) in [5.74, 6) is 1.81. The van der Waals surface area contributed by atoms with Gasteiger partial charge in [-0.25, -0.2) is 19.7 Å². The van der Waals surface area contributed by atoms with Gasteiger partial charge in [0.15, 0.2) is 0 Å². The van der Waals surface area contributed by atoms with Gasteiger partial charge >= 0.3 is 5.97 Å². The number of nitrogens with two attached hydrogens (primary N) is 1. The van der Waals surface area contributed by atoms with Crippen molar-refractivity contribution in [2.75, 3.05) is 16.4 Å². The van der Waals surface area contributed by atoms with E-state index in [4.69, 9.17) is 20.2 Å². The molecule has 1 aliphatic heterocycles. The number of nitrogens with zero attached hydrogens (tertiary/aromatic N) is 3. The molecule has 1 aliphatic rings. The number of nitrogens with one attached hydrogen (secondary N) is 1. The number of anilines is 2. The monoisotopic (exact) mass is 617 g/mol. The second-order valence-electron chi connectivity index (χ2n) is 11.0. The molecule has 4 heterocycles. The minimum absolute atomic E-state index is 0.0544. The number of esters is 1. The third-order valence-corrected chi connectivity index (χ3v) is 7.74. The van der Waals surface area contributed by atoms with E-state index in [-0.39, 0.29) is 11.9 Å². The summed E-state index contributed by atoms with van der Waals surface area (Å²) in [4.78, 5) is 26.4. The summed E-state index contributed by atoms with van der Waals surface area (Å²) < 4.78 is 12.9. The fourth-order valence-electron chi connectivity index (χ4n) is 4.43. The summed E-state index contributed by atoms with van der Waals surface area (Å²) in [7, 11) is 0. The van der Waals surface area contributed by atoms with Crippen LogP contribution in [0.2, 0.25) is 0 Å². The molecule has 8 nitrogen and oxygen atoms in total. The van der Waals surface area contributed by atoms with Crippen molar-refractivity contribution < 1.29 is 14.3 Å². The molecule has 0 saturated heterocycles. The van der Waals surface area contributed by atoms with Crippen molar-refractivity contribution in [3.05, 3.63) is 47.4 Å². The summed E-state index contributed by atoms with van der Waals surface area (Å²) >= 11 is 2.40. The number of halogens is 1. The first-order chi connectivity index (χ1) is 17.4. The highest BCUT2D eigenvalue weighted by atomic mass is 127. The van der Waals surface area contributed by atoms with Crippen LogP contribution in [-0.4, -0.2) is 37.6 Å². The second kappa shape index (κ2) is 10.7. The van der Waals surface area contributed by atoms with Crippen molar-refractivity contribution in [1.29, 1.82) is 0 Å². The summed E-state index contributed by atoms with van der Waals surface area (Å²) in [5, 5.41) is 5.04. The fraction of sp³-hybridized carbons (Fsp3) is 0.500. The molecule has 0 aliphatic carbocycles. The zero-order valence-electron chi connectivity index (χ0n) is 22.4. The zero-order chi connectivity index (χ0) is 27.0. The molecular weight excluding hydrogens is 581 g/mol. The maximum absolute atomic E-state index is 12.4. The van der Waals surface area contributed by atoms with Crippen molar-refractivity contribution >= 4 is 51.0 Å². The van der Waals surface area contributed by atoms with Crippen LogP contribution in [-0.2, 0) is 10.3 Å². The number of carbonyl (C=O) groups excluding carboxylic acids is 1. The highest BCUT2D eigenvalue weighted by molar-refractivity contribution is 14.1. The van der Waals surface area contributed by atoms with Gasteiger partial charge in [-0.1, -0.05) is 36.4 Å². The van der Waals surface area contributed by atoms with Crippen molar-refractivity contribution in [1.82, 2.24) is 15.0 Å². The van der Waals surface area contributed by atoms with E-state index in [0.29, 0.717) is 41.3 Å². The molecule has 0 unspecified atom stereocenters. The third kappa shape index (κ3) is 5.98. The van der Waals surface area contributed by atoms with Crippen molar-refractivity contribution in [3.63, 3.8) is 0 Å². The molecule has 0 bridgehead atoms. The largest absolute Gasteiger partial charge is 0.477 e. The lowest BCUT2D eigenvalue weighted by Gasteiger charge is -2.36. The Balaban J connectivity index is 1.67. The first-order valence-electron chi connectivity index (χ1n) is 12.7. The Morgan fingerprint density at radius 3 is 2.68 bits per heavy atom. The summed E-state index contributed by atoms with van der Waals surface area (Å²) in [6.07, 6.45) is 5.85. The van der Waals surface area contributed by atoms with Gasteiger partial charge in [0.25, 0.3) is 0 Å². The molecule has 2 atom stereocenters. The molecule has 0 aromatic carbocycles. The molecular formula is C28H36IN5O3. The number of carbonyl (C=O) groups is 1. The SMILES string of the molecule is C[C@@H](CCCI)COc1ncc(C(C)(C)N)c2cc(Nc3ccc4c(n3)[C@@H](C)C(C)(C)OC4=O)ncc12. The lowest BCUT2D eigenvalue weighted by atomic mass is 9.84. The van der Waals surface area contributed by atoms with Crippen molar-refractivity contribution in [3.8, 4) is 5.88 Å². The zero-order valence-corrected chi connectivity index (χ0v) is 24.5. The highest BCUT2D eigenvalue weighted by Crippen LogP contribution is 2.38. The lowest BCUT2D eigenvalue weighted by molar-refractivity contribution is -0.0189. The number of cyclic esters (lactones) is 1. The molecule has 3 aromatic rings. The van der Waals surface area contributed by atoms with Crippen LogP contribution in [0.25, 0.3) is 10.8 Å². The van der Waals surface area contributed by atoms with Crippen LogP contribution in [0.1, 0.15) is 81.9 Å². The Bertz CT molecular complexity index is 1300. The molecule has 0 amide bonds. The lowest BCUT2D eigenvalue weighted by Crippen LogP contribution is -2.39. The van der Waals surface area contributed by atoms with Crippen molar-refractivity contribution in [2.24, 2.45) is 11.7 Å². The van der Waals surface area contributed by atoms with E-state index < -0.39 is 11.1 Å². The molecule has 198 valence electrons. The average molecular weight is 618 g/mol. The number of hydrogen-bond acceptors (Lipinski definition) is 8. The predicted octanol–water partition coefficient (Wildman–Crippen LogP) is 6.24. The number of aromatic nitrogens is 3. The van der Waals surface area contributed by atoms with Crippen molar-refractivity contribution in [2.45, 2.75) is 71.4 Å².